The normalized spacial score (nSPS) is 11.6. The van der Waals surface area contributed by atoms with Gasteiger partial charge in [0.25, 0.3) is 9.05 Å². The lowest BCUT2D eigenvalue weighted by molar-refractivity contribution is -0.116. The highest BCUT2D eigenvalue weighted by atomic mass is 35.7. The molecule has 1 amide bonds. The van der Waals surface area contributed by atoms with Crippen LogP contribution in [-0.4, -0.2) is 14.3 Å². The molecule has 0 saturated heterocycles. The zero-order valence-corrected chi connectivity index (χ0v) is 12.8. The fourth-order valence-electron chi connectivity index (χ4n) is 1.64. The van der Waals surface area contributed by atoms with Crippen LogP contribution in [0.25, 0.3) is 0 Å². The lowest BCUT2D eigenvalue weighted by Crippen LogP contribution is -2.12. The van der Waals surface area contributed by atoms with Crippen molar-refractivity contribution in [2.75, 3.05) is 5.32 Å². The SMILES string of the molecule is Cc1cc(NC(=O)CCC(C)C)ccc1S(=O)(=O)Cl. The second-order valence-electron chi connectivity index (χ2n) is 4.90. The Kier molecular flexibility index (Phi) is 5.38. The number of carbonyl (C=O) groups excluding carboxylic acids is 1. The summed E-state index contributed by atoms with van der Waals surface area (Å²) in [7, 11) is 1.55. The van der Waals surface area contributed by atoms with Gasteiger partial charge in [-0.15, -0.1) is 0 Å². The number of amides is 1. The first-order chi connectivity index (χ1) is 8.70. The summed E-state index contributed by atoms with van der Waals surface area (Å²) in [6, 6.07) is 4.54. The molecule has 0 aliphatic rings. The lowest BCUT2D eigenvalue weighted by Gasteiger charge is -2.09. The maximum absolute atomic E-state index is 11.7. The van der Waals surface area contributed by atoms with Gasteiger partial charge in [0.2, 0.25) is 5.91 Å². The summed E-state index contributed by atoms with van der Waals surface area (Å²) in [6.07, 6.45) is 1.27. The number of hydrogen-bond acceptors (Lipinski definition) is 3. The first-order valence-corrected chi connectivity index (χ1v) is 8.36. The zero-order chi connectivity index (χ0) is 14.6. The van der Waals surface area contributed by atoms with Gasteiger partial charge in [-0.05, 0) is 43.0 Å². The maximum Gasteiger partial charge on any atom is 0.261 e. The van der Waals surface area contributed by atoms with E-state index in [4.69, 9.17) is 10.7 Å². The standard InChI is InChI=1S/C13H18ClNO3S/c1-9(2)4-7-13(16)15-11-5-6-12(10(3)8-11)19(14,17)18/h5-6,8-9H,4,7H2,1-3H3,(H,15,16). The number of halogens is 1. The number of aryl methyl sites for hydroxylation is 1. The predicted molar refractivity (Wildman–Crippen MR) is 76.9 cm³/mol. The number of anilines is 1. The van der Waals surface area contributed by atoms with Gasteiger partial charge in [-0.2, -0.15) is 0 Å². The summed E-state index contributed by atoms with van der Waals surface area (Å²) in [5.74, 6) is 0.394. The van der Waals surface area contributed by atoms with Crippen molar-refractivity contribution in [2.24, 2.45) is 5.92 Å². The van der Waals surface area contributed by atoms with Crippen LogP contribution in [-0.2, 0) is 13.8 Å². The van der Waals surface area contributed by atoms with Gasteiger partial charge in [0.15, 0.2) is 0 Å². The molecule has 1 rings (SSSR count). The van der Waals surface area contributed by atoms with E-state index in [1.54, 1.807) is 13.0 Å². The maximum atomic E-state index is 11.7. The highest BCUT2D eigenvalue weighted by Gasteiger charge is 2.14. The molecule has 19 heavy (non-hydrogen) atoms. The molecule has 0 atom stereocenters. The van der Waals surface area contributed by atoms with Crippen molar-refractivity contribution in [1.82, 2.24) is 0 Å². The van der Waals surface area contributed by atoms with E-state index >= 15 is 0 Å². The Balaban J connectivity index is 2.77. The van der Waals surface area contributed by atoms with Crippen LogP contribution in [0.15, 0.2) is 23.1 Å². The largest absolute Gasteiger partial charge is 0.326 e. The molecule has 0 saturated carbocycles. The molecule has 1 N–H and O–H groups in total. The minimum Gasteiger partial charge on any atom is -0.326 e. The van der Waals surface area contributed by atoms with Gasteiger partial charge >= 0.3 is 0 Å². The Morgan fingerprint density at radius 1 is 1.37 bits per heavy atom. The van der Waals surface area contributed by atoms with Gasteiger partial charge in [0.05, 0.1) is 4.90 Å². The second kappa shape index (κ2) is 6.39. The third kappa shape index (κ3) is 5.20. The van der Waals surface area contributed by atoms with Crippen molar-refractivity contribution >= 4 is 31.3 Å². The first-order valence-electron chi connectivity index (χ1n) is 6.05. The molecule has 6 heteroatoms. The number of carbonyl (C=O) groups is 1. The van der Waals surface area contributed by atoms with Gasteiger partial charge in [0, 0.05) is 22.8 Å². The van der Waals surface area contributed by atoms with E-state index in [0.29, 0.717) is 23.6 Å². The van der Waals surface area contributed by atoms with E-state index in [1.165, 1.54) is 12.1 Å². The lowest BCUT2D eigenvalue weighted by atomic mass is 10.1. The molecule has 0 fully saturated rings. The Labute approximate surface area is 118 Å². The molecule has 1 aromatic carbocycles. The second-order valence-corrected chi connectivity index (χ2v) is 7.43. The Hall–Kier alpha value is -1.07. The van der Waals surface area contributed by atoms with Crippen molar-refractivity contribution in [3.63, 3.8) is 0 Å². The van der Waals surface area contributed by atoms with Crippen LogP contribution in [0, 0.1) is 12.8 Å². The van der Waals surface area contributed by atoms with Crippen molar-refractivity contribution in [1.29, 1.82) is 0 Å². The molecule has 0 unspecified atom stereocenters. The number of rotatable bonds is 5. The van der Waals surface area contributed by atoms with E-state index < -0.39 is 9.05 Å². The van der Waals surface area contributed by atoms with Crippen LogP contribution in [0.2, 0.25) is 0 Å². The summed E-state index contributed by atoms with van der Waals surface area (Å²) in [4.78, 5) is 11.7. The smallest absolute Gasteiger partial charge is 0.261 e. The molecule has 4 nitrogen and oxygen atoms in total. The molecule has 0 spiro atoms. The Morgan fingerprint density at radius 2 is 2.00 bits per heavy atom. The summed E-state index contributed by atoms with van der Waals surface area (Å²) in [5.41, 5.74) is 1.09. The zero-order valence-electron chi connectivity index (χ0n) is 11.2. The van der Waals surface area contributed by atoms with E-state index in [0.717, 1.165) is 6.42 Å². The third-order valence-corrected chi connectivity index (χ3v) is 4.15. The summed E-state index contributed by atoms with van der Waals surface area (Å²) in [6.45, 7) is 5.74. The quantitative estimate of drug-likeness (QED) is 0.849. The molecule has 0 bridgehead atoms. The molecule has 0 aliphatic heterocycles. The topological polar surface area (TPSA) is 63.2 Å². The van der Waals surface area contributed by atoms with Crippen LogP contribution < -0.4 is 5.32 Å². The predicted octanol–water partition coefficient (Wildman–Crippen LogP) is 3.30. The molecule has 0 radical (unpaired) electrons. The van der Waals surface area contributed by atoms with E-state index in [1.807, 2.05) is 0 Å². The molecule has 1 aromatic rings. The molecular formula is C13H18ClNO3S. The fraction of sp³-hybridized carbons (Fsp3) is 0.462. The Bertz CT molecular complexity index is 567. The highest BCUT2D eigenvalue weighted by molar-refractivity contribution is 8.13. The number of benzene rings is 1. The van der Waals surface area contributed by atoms with Gasteiger partial charge in [-0.25, -0.2) is 8.42 Å². The van der Waals surface area contributed by atoms with Crippen LogP contribution in [0.1, 0.15) is 32.3 Å². The van der Waals surface area contributed by atoms with Gasteiger partial charge in [-0.1, -0.05) is 13.8 Å². The number of nitrogens with one attached hydrogen (secondary N) is 1. The highest BCUT2D eigenvalue weighted by Crippen LogP contribution is 2.22. The number of hydrogen-bond donors (Lipinski definition) is 1. The Morgan fingerprint density at radius 3 is 2.47 bits per heavy atom. The molecule has 106 valence electrons. The average molecular weight is 304 g/mol. The van der Waals surface area contributed by atoms with Crippen LogP contribution in [0.3, 0.4) is 0 Å². The van der Waals surface area contributed by atoms with Crippen molar-refractivity contribution in [3.05, 3.63) is 23.8 Å². The van der Waals surface area contributed by atoms with Crippen molar-refractivity contribution < 1.29 is 13.2 Å². The summed E-state index contributed by atoms with van der Waals surface area (Å²) < 4.78 is 22.5. The van der Waals surface area contributed by atoms with Gasteiger partial charge in [-0.3, -0.25) is 4.79 Å². The van der Waals surface area contributed by atoms with Crippen molar-refractivity contribution in [3.8, 4) is 0 Å². The molecule has 0 heterocycles. The van der Waals surface area contributed by atoms with Crippen LogP contribution >= 0.6 is 10.7 Å². The molecule has 0 aliphatic carbocycles. The van der Waals surface area contributed by atoms with Crippen LogP contribution in [0.4, 0.5) is 5.69 Å². The summed E-state index contributed by atoms with van der Waals surface area (Å²) in [5, 5.41) is 2.74. The minimum atomic E-state index is -3.74. The monoisotopic (exact) mass is 303 g/mol. The molecular weight excluding hydrogens is 286 g/mol. The van der Waals surface area contributed by atoms with E-state index in [9.17, 15) is 13.2 Å². The molecule has 0 aromatic heterocycles. The van der Waals surface area contributed by atoms with Crippen molar-refractivity contribution in [2.45, 2.75) is 38.5 Å². The van der Waals surface area contributed by atoms with E-state index in [-0.39, 0.29) is 10.8 Å². The van der Waals surface area contributed by atoms with E-state index in [2.05, 4.69) is 19.2 Å². The first kappa shape index (κ1) is 16.0. The van der Waals surface area contributed by atoms with Gasteiger partial charge in [0.1, 0.15) is 0 Å². The van der Waals surface area contributed by atoms with Crippen LogP contribution in [0.5, 0.6) is 0 Å². The van der Waals surface area contributed by atoms with Gasteiger partial charge < -0.3 is 5.32 Å². The minimum absolute atomic E-state index is 0.0642. The fourth-order valence-corrected chi connectivity index (χ4v) is 2.84. The summed E-state index contributed by atoms with van der Waals surface area (Å²) >= 11 is 0. The third-order valence-electron chi connectivity index (χ3n) is 2.67. The average Bonchev–Trinajstić information content (AvgIpc) is 2.24.